The van der Waals surface area contributed by atoms with Crippen LogP contribution in [0.3, 0.4) is 0 Å². The van der Waals surface area contributed by atoms with Gasteiger partial charge >= 0.3 is 6.09 Å². The molecule has 1 saturated heterocycles. The lowest BCUT2D eigenvalue weighted by atomic mass is 10.0. The number of rotatable bonds is 6. The highest BCUT2D eigenvalue weighted by atomic mass is 32.1. The third-order valence-corrected chi connectivity index (χ3v) is 7.78. The molecule has 3 heterocycles. The summed E-state index contributed by atoms with van der Waals surface area (Å²) in [5, 5.41) is 1.84. The van der Waals surface area contributed by atoms with E-state index in [1.807, 2.05) is 53.7 Å². The fourth-order valence-electron chi connectivity index (χ4n) is 3.86. The minimum atomic E-state index is -0.474. The zero-order valence-electron chi connectivity index (χ0n) is 22.6. The predicted molar refractivity (Wildman–Crippen MR) is 149 cm³/mol. The Labute approximate surface area is 222 Å². The number of hydrogen-bond acceptors (Lipinski definition) is 9. The molecular formula is C26H38N4O4S2. The van der Waals surface area contributed by atoms with Crippen LogP contribution in [0.2, 0.25) is 0 Å². The summed E-state index contributed by atoms with van der Waals surface area (Å²) in [4.78, 5) is 28.0. The quantitative estimate of drug-likeness (QED) is 0.331. The zero-order valence-corrected chi connectivity index (χ0v) is 24.2. The number of fused-ring (bicyclic) bond motifs is 1. The number of aromatic nitrogens is 2. The molecule has 0 spiro atoms. The van der Waals surface area contributed by atoms with Crippen LogP contribution in [0.5, 0.6) is 5.75 Å². The summed E-state index contributed by atoms with van der Waals surface area (Å²) in [5.41, 5.74) is 1.59. The van der Waals surface area contributed by atoms with E-state index in [9.17, 15) is 4.79 Å². The molecule has 1 aromatic carbocycles. The van der Waals surface area contributed by atoms with Crippen LogP contribution in [0.15, 0.2) is 18.2 Å². The van der Waals surface area contributed by atoms with Gasteiger partial charge in [0.05, 0.1) is 5.56 Å². The monoisotopic (exact) mass is 534 g/mol. The topological polar surface area (TPSA) is 77.0 Å². The number of aryl methyl sites for hydroxylation is 1. The lowest BCUT2D eigenvalue weighted by Gasteiger charge is -2.37. The standard InChI is InChI=1S/C24H32N4O4S2.C2H6/c1-15-7-8-17(18(13-15)31-14-30-6)19-25-20-21(33-19)26-22(34-20)27(5)16-9-11-28(12-10-16)23(29)32-24(2,3)4;1-2/h7-8,13,16H,9-12,14H2,1-6H3;1-2H3. The maximum Gasteiger partial charge on any atom is 0.410 e. The number of thiazole rings is 2. The maximum atomic E-state index is 12.3. The maximum absolute atomic E-state index is 12.3. The van der Waals surface area contributed by atoms with Crippen molar-refractivity contribution in [3.8, 4) is 16.3 Å². The van der Waals surface area contributed by atoms with Crippen LogP contribution in [0.4, 0.5) is 9.93 Å². The minimum absolute atomic E-state index is 0.191. The third-order valence-electron chi connectivity index (χ3n) is 5.63. The van der Waals surface area contributed by atoms with E-state index in [2.05, 4.69) is 18.0 Å². The van der Waals surface area contributed by atoms with E-state index in [1.54, 1.807) is 34.7 Å². The van der Waals surface area contributed by atoms with Crippen LogP contribution in [-0.4, -0.2) is 66.6 Å². The number of anilines is 1. The molecule has 1 fully saturated rings. The number of carbonyl (C=O) groups excluding carboxylic acids is 1. The molecule has 0 radical (unpaired) electrons. The summed E-state index contributed by atoms with van der Waals surface area (Å²) in [7, 11) is 3.69. The Hall–Kier alpha value is -2.43. The highest BCUT2D eigenvalue weighted by molar-refractivity contribution is 7.29. The van der Waals surface area contributed by atoms with Gasteiger partial charge in [-0.05, 0) is 58.2 Å². The molecule has 3 aromatic rings. The van der Waals surface area contributed by atoms with Crippen molar-refractivity contribution in [3.63, 3.8) is 0 Å². The molecule has 0 bridgehead atoms. The van der Waals surface area contributed by atoms with Crippen LogP contribution in [-0.2, 0) is 9.47 Å². The molecule has 198 valence electrons. The first kappa shape index (κ1) is 28.1. The largest absolute Gasteiger partial charge is 0.467 e. The van der Waals surface area contributed by atoms with Crippen LogP contribution < -0.4 is 9.64 Å². The predicted octanol–water partition coefficient (Wildman–Crippen LogP) is 6.57. The smallest absolute Gasteiger partial charge is 0.410 e. The number of ether oxygens (including phenoxy) is 3. The van der Waals surface area contributed by atoms with Gasteiger partial charge in [-0.3, -0.25) is 0 Å². The Morgan fingerprint density at radius 2 is 1.81 bits per heavy atom. The van der Waals surface area contributed by atoms with Gasteiger partial charge in [0.25, 0.3) is 0 Å². The van der Waals surface area contributed by atoms with Crippen molar-refractivity contribution < 1.29 is 19.0 Å². The minimum Gasteiger partial charge on any atom is -0.467 e. The lowest BCUT2D eigenvalue weighted by molar-refractivity contribution is 0.0205. The van der Waals surface area contributed by atoms with Gasteiger partial charge in [0.1, 0.15) is 16.4 Å². The fraction of sp³-hybridized carbons (Fsp3) is 0.577. The molecule has 10 heteroatoms. The van der Waals surface area contributed by atoms with Crippen LogP contribution in [0.25, 0.3) is 20.2 Å². The van der Waals surface area contributed by atoms with Gasteiger partial charge in [0.2, 0.25) is 0 Å². The Kier molecular flexibility index (Phi) is 9.54. The summed E-state index contributed by atoms with van der Waals surface area (Å²) < 4.78 is 16.4. The van der Waals surface area contributed by atoms with Gasteiger partial charge in [-0.15, -0.1) is 0 Å². The molecule has 0 N–H and O–H groups in total. The van der Waals surface area contributed by atoms with Gasteiger partial charge < -0.3 is 24.0 Å². The summed E-state index contributed by atoms with van der Waals surface area (Å²) in [6, 6.07) is 6.42. The molecule has 0 aliphatic carbocycles. The zero-order chi connectivity index (χ0) is 26.5. The van der Waals surface area contributed by atoms with Gasteiger partial charge in [0, 0.05) is 33.3 Å². The Bertz CT molecular complexity index is 1120. The van der Waals surface area contributed by atoms with Crippen LogP contribution >= 0.6 is 22.7 Å². The summed E-state index contributed by atoms with van der Waals surface area (Å²) in [5.74, 6) is 0.761. The number of carbonyl (C=O) groups is 1. The van der Waals surface area contributed by atoms with Gasteiger partial charge in [-0.2, -0.15) is 0 Å². The van der Waals surface area contributed by atoms with Gasteiger partial charge in [0.15, 0.2) is 21.6 Å². The van der Waals surface area contributed by atoms with E-state index in [1.165, 1.54) is 0 Å². The highest BCUT2D eigenvalue weighted by Crippen LogP contribution is 2.40. The van der Waals surface area contributed by atoms with Crippen molar-refractivity contribution >= 4 is 43.6 Å². The second-order valence-electron chi connectivity index (χ2n) is 9.49. The highest BCUT2D eigenvalue weighted by Gasteiger charge is 2.29. The molecule has 8 nitrogen and oxygen atoms in total. The molecule has 2 aromatic heterocycles. The van der Waals surface area contributed by atoms with Crippen molar-refractivity contribution in [3.05, 3.63) is 23.8 Å². The van der Waals surface area contributed by atoms with Crippen molar-refractivity contribution in [2.24, 2.45) is 0 Å². The molecule has 1 aliphatic heterocycles. The van der Waals surface area contributed by atoms with Crippen molar-refractivity contribution in [2.75, 3.05) is 38.9 Å². The fourth-order valence-corrected chi connectivity index (χ4v) is 5.97. The number of piperidine rings is 1. The molecule has 0 unspecified atom stereocenters. The molecule has 36 heavy (non-hydrogen) atoms. The SMILES string of the molecule is CC.COCOc1cc(C)ccc1-c1nc2sc(N(C)C3CCN(C(=O)OC(C)(C)C)CC3)nc2s1. The van der Waals surface area contributed by atoms with Crippen molar-refractivity contribution in [1.29, 1.82) is 0 Å². The van der Waals surface area contributed by atoms with E-state index in [0.29, 0.717) is 19.1 Å². The molecule has 0 saturated carbocycles. The first-order valence-electron chi connectivity index (χ1n) is 12.4. The molecule has 1 amide bonds. The number of likely N-dealkylation sites (tertiary alicyclic amines) is 1. The van der Waals surface area contributed by atoms with Crippen LogP contribution in [0, 0.1) is 6.92 Å². The summed E-state index contributed by atoms with van der Waals surface area (Å²) >= 11 is 3.17. The third kappa shape index (κ3) is 6.86. The normalized spacial score (nSPS) is 14.4. The van der Waals surface area contributed by atoms with Crippen molar-refractivity contribution in [2.45, 2.75) is 66.0 Å². The van der Waals surface area contributed by atoms with E-state index < -0.39 is 5.60 Å². The Morgan fingerprint density at radius 1 is 1.14 bits per heavy atom. The number of benzene rings is 1. The van der Waals surface area contributed by atoms with Gasteiger partial charge in [-0.1, -0.05) is 42.6 Å². The lowest BCUT2D eigenvalue weighted by Crippen LogP contribution is -2.47. The second-order valence-corrected chi connectivity index (χ2v) is 11.4. The first-order chi connectivity index (χ1) is 17.1. The molecule has 0 atom stereocenters. The van der Waals surface area contributed by atoms with E-state index in [0.717, 1.165) is 49.5 Å². The Balaban J connectivity index is 0.00000176. The second kappa shape index (κ2) is 12.2. The molecule has 4 rings (SSSR count). The summed E-state index contributed by atoms with van der Waals surface area (Å²) in [6.07, 6.45) is 1.53. The number of hydrogen-bond donors (Lipinski definition) is 0. The number of methoxy groups -OCH3 is 1. The van der Waals surface area contributed by atoms with E-state index in [-0.39, 0.29) is 12.9 Å². The first-order valence-corrected chi connectivity index (χ1v) is 14.0. The summed E-state index contributed by atoms with van der Waals surface area (Å²) in [6.45, 7) is 13.3. The van der Waals surface area contributed by atoms with E-state index in [4.69, 9.17) is 24.2 Å². The Morgan fingerprint density at radius 3 is 2.42 bits per heavy atom. The van der Waals surface area contributed by atoms with Crippen molar-refractivity contribution in [1.82, 2.24) is 14.9 Å². The van der Waals surface area contributed by atoms with Crippen LogP contribution in [0.1, 0.15) is 53.0 Å². The number of nitrogens with zero attached hydrogens (tertiary/aromatic N) is 4. The van der Waals surface area contributed by atoms with Gasteiger partial charge in [-0.25, -0.2) is 14.8 Å². The molecular weight excluding hydrogens is 496 g/mol. The van der Waals surface area contributed by atoms with E-state index >= 15 is 0 Å². The molecule has 1 aliphatic rings. The average molecular weight is 535 g/mol. The average Bonchev–Trinajstić information content (AvgIpc) is 3.42. The number of amides is 1.